The van der Waals surface area contributed by atoms with Gasteiger partial charge in [0, 0.05) is 0 Å². The van der Waals surface area contributed by atoms with Crippen LogP contribution in [0.2, 0.25) is 0 Å². The summed E-state index contributed by atoms with van der Waals surface area (Å²) in [5.74, 6) is 3.95. The molecule has 1 aromatic carbocycles. The summed E-state index contributed by atoms with van der Waals surface area (Å²) >= 11 is 2.42. The number of hydrogen-bond donors (Lipinski definition) is 0. The molecule has 0 amide bonds. The van der Waals surface area contributed by atoms with Crippen molar-refractivity contribution in [1.29, 1.82) is 0 Å². The molecule has 272 valence electrons. The molecule has 0 radical (unpaired) electrons. The summed E-state index contributed by atoms with van der Waals surface area (Å²) < 4.78 is 18.0. The van der Waals surface area contributed by atoms with E-state index in [0.29, 0.717) is 37.4 Å². The van der Waals surface area contributed by atoms with Crippen LogP contribution in [0.4, 0.5) is 0 Å². The molecule has 0 N–H and O–H groups in total. The van der Waals surface area contributed by atoms with Gasteiger partial charge in [-0.05, 0) is 139 Å². The zero-order chi connectivity index (χ0) is 35.4. The largest absolute Gasteiger partial charge is 0.468 e. The SMILES string of the molecule is [C-]#[N+]C(C(=O)OC(C)C)=C1Sc2c(OC(=O)C3CCC(C4CCC(C)CC4)CC3)ccc(OC(=O)C3CCC(C4CCC(C)CC4)CC3)c2S1. The summed E-state index contributed by atoms with van der Waals surface area (Å²) in [4.78, 5) is 44.7. The van der Waals surface area contributed by atoms with Crippen molar-refractivity contribution in [3.63, 3.8) is 0 Å². The third-order valence-corrected chi connectivity index (χ3v) is 15.0. The van der Waals surface area contributed by atoms with Gasteiger partial charge in [-0.1, -0.05) is 63.1 Å². The van der Waals surface area contributed by atoms with Crippen LogP contribution in [0.3, 0.4) is 0 Å². The van der Waals surface area contributed by atoms with Crippen LogP contribution in [-0.2, 0) is 19.1 Å². The highest BCUT2D eigenvalue weighted by atomic mass is 32.2. The zero-order valence-electron chi connectivity index (χ0n) is 30.4. The minimum absolute atomic E-state index is 0.120. The first-order valence-corrected chi connectivity index (χ1v) is 21.0. The van der Waals surface area contributed by atoms with Crippen LogP contribution in [0.5, 0.6) is 11.5 Å². The number of rotatable bonds is 8. The van der Waals surface area contributed by atoms with Crippen molar-refractivity contribution in [2.45, 2.75) is 146 Å². The van der Waals surface area contributed by atoms with Crippen LogP contribution in [0.1, 0.15) is 130 Å². The van der Waals surface area contributed by atoms with E-state index >= 15 is 0 Å². The lowest BCUT2D eigenvalue weighted by Gasteiger charge is -2.36. The second-order valence-electron chi connectivity index (χ2n) is 16.2. The van der Waals surface area contributed by atoms with Crippen LogP contribution >= 0.6 is 23.5 Å². The zero-order valence-corrected chi connectivity index (χ0v) is 32.0. The molecule has 0 atom stereocenters. The number of fused-ring (bicyclic) bond motifs is 1. The van der Waals surface area contributed by atoms with Gasteiger partial charge < -0.3 is 14.2 Å². The molecule has 1 aromatic rings. The number of ether oxygens (including phenoxy) is 3. The molecule has 1 aliphatic heterocycles. The standard InChI is InChI=1S/C41H55NO6S2/c1-24(2)46-40(45)35(42-5)41-49-36-33(47-38(43)31-18-14-29(15-19-31)27-10-6-25(3)7-11-27)22-23-34(37(36)50-41)48-39(44)32-20-16-30(17-21-32)28-12-8-26(4)9-13-28/h22-32H,6-21H2,1-4H3. The Bertz CT molecular complexity index is 1380. The van der Waals surface area contributed by atoms with Crippen molar-refractivity contribution in [1.82, 2.24) is 0 Å². The van der Waals surface area contributed by atoms with Crippen molar-refractivity contribution < 1.29 is 28.6 Å². The molecule has 50 heavy (non-hydrogen) atoms. The van der Waals surface area contributed by atoms with E-state index in [1.807, 2.05) is 0 Å². The Balaban J connectivity index is 1.14. The lowest BCUT2D eigenvalue weighted by Crippen LogP contribution is -2.30. The summed E-state index contributed by atoms with van der Waals surface area (Å²) in [5, 5.41) is 0. The quantitative estimate of drug-likeness (QED) is 0.114. The van der Waals surface area contributed by atoms with Gasteiger partial charge in [-0.25, -0.2) is 4.85 Å². The minimum Gasteiger partial charge on any atom is -0.468 e. The predicted octanol–water partition coefficient (Wildman–Crippen LogP) is 11.0. The van der Waals surface area contributed by atoms with Crippen molar-refractivity contribution in [3.8, 4) is 11.5 Å². The Morgan fingerprint density at radius 3 is 1.34 bits per heavy atom. The average Bonchev–Trinajstić information content (AvgIpc) is 3.56. The monoisotopic (exact) mass is 721 g/mol. The Morgan fingerprint density at radius 2 is 1.00 bits per heavy atom. The average molecular weight is 722 g/mol. The first kappa shape index (κ1) is 37.3. The number of esters is 3. The Kier molecular flexibility index (Phi) is 12.6. The Labute approximate surface area is 307 Å². The molecule has 0 saturated heterocycles. The fourth-order valence-corrected chi connectivity index (χ4v) is 11.7. The fourth-order valence-electron chi connectivity index (χ4n) is 9.18. The molecule has 5 aliphatic rings. The van der Waals surface area contributed by atoms with Gasteiger partial charge in [0.25, 0.3) is 5.70 Å². The number of carbonyl (C=O) groups is 3. The molecule has 0 aromatic heterocycles. The van der Waals surface area contributed by atoms with Crippen LogP contribution in [0.15, 0.2) is 31.9 Å². The highest BCUT2D eigenvalue weighted by Gasteiger charge is 2.37. The molecule has 4 fully saturated rings. The van der Waals surface area contributed by atoms with Crippen molar-refractivity contribution in [2.75, 3.05) is 0 Å². The van der Waals surface area contributed by atoms with Gasteiger partial charge in [-0.3, -0.25) is 14.4 Å². The fraction of sp³-hybridized carbons (Fsp3) is 0.707. The van der Waals surface area contributed by atoms with E-state index in [0.717, 1.165) is 75.0 Å². The van der Waals surface area contributed by atoms with Gasteiger partial charge in [0.1, 0.15) is 11.5 Å². The molecule has 4 aliphatic carbocycles. The lowest BCUT2D eigenvalue weighted by atomic mass is 9.69. The molecule has 6 rings (SSSR count). The summed E-state index contributed by atoms with van der Waals surface area (Å²) in [7, 11) is 0. The predicted molar refractivity (Wildman–Crippen MR) is 197 cm³/mol. The summed E-state index contributed by atoms with van der Waals surface area (Å²) in [6.07, 6.45) is 17.8. The second kappa shape index (κ2) is 16.9. The highest BCUT2D eigenvalue weighted by molar-refractivity contribution is 8.24. The smallest absolute Gasteiger partial charge is 0.338 e. The number of carbonyl (C=O) groups excluding carboxylic acids is 3. The van der Waals surface area contributed by atoms with Gasteiger partial charge in [0.15, 0.2) is 0 Å². The van der Waals surface area contributed by atoms with Gasteiger partial charge in [-0.2, -0.15) is 0 Å². The molecule has 9 heteroatoms. The van der Waals surface area contributed by atoms with E-state index in [-0.39, 0.29) is 35.6 Å². The molecule has 7 nitrogen and oxygen atoms in total. The molecular weight excluding hydrogens is 667 g/mol. The van der Waals surface area contributed by atoms with Crippen molar-refractivity contribution in [2.24, 2.45) is 47.3 Å². The Hall–Kier alpha value is -2.44. The molecule has 1 heterocycles. The minimum atomic E-state index is -0.691. The number of hydrogen-bond acceptors (Lipinski definition) is 8. The first-order chi connectivity index (χ1) is 24.1. The summed E-state index contributed by atoms with van der Waals surface area (Å²) in [6, 6.07) is 3.41. The van der Waals surface area contributed by atoms with Crippen molar-refractivity contribution in [3.05, 3.63) is 33.5 Å². The van der Waals surface area contributed by atoms with E-state index < -0.39 is 5.97 Å². The van der Waals surface area contributed by atoms with Gasteiger partial charge in [0.2, 0.25) is 0 Å². The summed E-state index contributed by atoms with van der Waals surface area (Å²) in [6.45, 7) is 16.0. The van der Waals surface area contributed by atoms with Crippen LogP contribution in [-0.4, -0.2) is 24.0 Å². The van der Waals surface area contributed by atoms with E-state index in [2.05, 4.69) is 18.7 Å². The second-order valence-corrected chi connectivity index (χ2v) is 18.5. The first-order valence-electron chi connectivity index (χ1n) is 19.4. The maximum absolute atomic E-state index is 13.6. The van der Waals surface area contributed by atoms with Crippen LogP contribution in [0.25, 0.3) is 4.85 Å². The maximum Gasteiger partial charge on any atom is 0.338 e. The third-order valence-electron chi connectivity index (χ3n) is 12.4. The molecule has 4 saturated carbocycles. The topological polar surface area (TPSA) is 83.3 Å². The molecule has 0 unspecified atom stereocenters. The number of benzene rings is 1. The van der Waals surface area contributed by atoms with Gasteiger partial charge in [-0.15, -0.1) is 0 Å². The van der Waals surface area contributed by atoms with E-state index in [1.54, 1.807) is 26.0 Å². The number of thioether (sulfide) groups is 2. The Morgan fingerprint density at radius 1 is 0.640 bits per heavy atom. The third kappa shape index (κ3) is 8.95. The van der Waals surface area contributed by atoms with Gasteiger partial charge in [0.05, 0.1) is 38.5 Å². The lowest BCUT2D eigenvalue weighted by molar-refractivity contribution is -0.142. The molecule has 0 bridgehead atoms. The van der Waals surface area contributed by atoms with E-state index in [4.69, 9.17) is 20.8 Å². The van der Waals surface area contributed by atoms with Crippen LogP contribution < -0.4 is 9.47 Å². The normalized spacial score (nSPS) is 31.3. The maximum atomic E-state index is 13.6. The van der Waals surface area contributed by atoms with E-state index in [9.17, 15) is 14.4 Å². The van der Waals surface area contributed by atoms with E-state index in [1.165, 1.54) is 74.9 Å². The molecule has 0 spiro atoms. The summed E-state index contributed by atoms with van der Waals surface area (Å²) in [5.41, 5.74) is -0.120. The number of nitrogens with zero attached hydrogens (tertiary/aromatic N) is 1. The van der Waals surface area contributed by atoms with Gasteiger partial charge >= 0.3 is 17.9 Å². The molecular formula is C41H55NO6S2. The van der Waals surface area contributed by atoms with Crippen LogP contribution in [0, 0.1) is 53.9 Å². The highest BCUT2D eigenvalue weighted by Crippen LogP contribution is 2.59. The van der Waals surface area contributed by atoms with Crippen molar-refractivity contribution >= 4 is 41.4 Å².